The third kappa shape index (κ3) is 5.96. The number of hydrogen-bond donors (Lipinski definition) is 1. The molecule has 27 heavy (non-hydrogen) atoms. The van der Waals surface area contributed by atoms with E-state index in [0.717, 1.165) is 42.0 Å². The van der Waals surface area contributed by atoms with E-state index in [2.05, 4.69) is 5.32 Å². The summed E-state index contributed by atoms with van der Waals surface area (Å²) in [4.78, 5) is 0. The molecule has 0 bridgehead atoms. The number of benzene rings is 3. The number of rotatable bonds is 8. The van der Waals surface area contributed by atoms with Crippen LogP contribution < -0.4 is 10.1 Å². The summed E-state index contributed by atoms with van der Waals surface area (Å²) in [6.07, 6.45) is 0.861. The lowest BCUT2D eigenvalue weighted by atomic mass is 10.1. The van der Waals surface area contributed by atoms with E-state index in [9.17, 15) is 4.39 Å². The van der Waals surface area contributed by atoms with Crippen LogP contribution >= 0.6 is 23.2 Å². The molecular formula is C22H20Cl2FNO. The molecule has 0 heterocycles. The summed E-state index contributed by atoms with van der Waals surface area (Å²) in [5, 5.41) is 4.59. The Hall–Kier alpha value is -2.07. The van der Waals surface area contributed by atoms with Gasteiger partial charge in [-0.2, -0.15) is 0 Å². The Labute approximate surface area is 168 Å². The van der Waals surface area contributed by atoms with Gasteiger partial charge in [0.1, 0.15) is 18.2 Å². The predicted molar refractivity (Wildman–Crippen MR) is 109 cm³/mol. The lowest BCUT2D eigenvalue weighted by Gasteiger charge is -2.10. The molecule has 0 aromatic heterocycles. The molecule has 140 valence electrons. The topological polar surface area (TPSA) is 21.3 Å². The molecule has 0 fully saturated rings. The monoisotopic (exact) mass is 403 g/mol. The summed E-state index contributed by atoms with van der Waals surface area (Å²) in [6.45, 7) is 1.92. The molecule has 3 aromatic rings. The molecule has 0 spiro atoms. The van der Waals surface area contributed by atoms with Gasteiger partial charge in [-0.15, -0.1) is 0 Å². The maximum atomic E-state index is 12.9. The van der Waals surface area contributed by atoms with Crippen molar-refractivity contribution in [2.75, 3.05) is 6.54 Å². The van der Waals surface area contributed by atoms with Crippen LogP contribution in [0, 0.1) is 5.82 Å². The maximum Gasteiger partial charge on any atom is 0.123 e. The van der Waals surface area contributed by atoms with Crippen molar-refractivity contribution in [3.05, 3.63) is 99.3 Å². The zero-order valence-electron chi connectivity index (χ0n) is 14.7. The summed E-state index contributed by atoms with van der Waals surface area (Å²) >= 11 is 12.3. The van der Waals surface area contributed by atoms with E-state index < -0.39 is 0 Å². The third-order valence-electron chi connectivity index (χ3n) is 4.20. The van der Waals surface area contributed by atoms with Crippen LogP contribution in [0.3, 0.4) is 0 Å². The van der Waals surface area contributed by atoms with Gasteiger partial charge in [0.15, 0.2) is 0 Å². The van der Waals surface area contributed by atoms with Gasteiger partial charge in [0.25, 0.3) is 0 Å². The van der Waals surface area contributed by atoms with E-state index in [-0.39, 0.29) is 5.82 Å². The Morgan fingerprint density at radius 2 is 1.44 bits per heavy atom. The van der Waals surface area contributed by atoms with Crippen LogP contribution in [0.4, 0.5) is 4.39 Å². The largest absolute Gasteiger partial charge is 0.489 e. The van der Waals surface area contributed by atoms with Gasteiger partial charge in [-0.3, -0.25) is 0 Å². The Kier molecular flexibility index (Phi) is 7.11. The Bertz CT molecular complexity index is 846. The highest BCUT2D eigenvalue weighted by Gasteiger charge is 2.06. The smallest absolute Gasteiger partial charge is 0.123 e. The van der Waals surface area contributed by atoms with Crippen molar-refractivity contribution < 1.29 is 9.13 Å². The maximum absolute atomic E-state index is 12.9. The van der Waals surface area contributed by atoms with Crippen molar-refractivity contribution in [2.45, 2.75) is 19.6 Å². The highest BCUT2D eigenvalue weighted by molar-refractivity contribution is 6.35. The van der Waals surface area contributed by atoms with Gasteiger partial charge in [0, 0.05) is 22.2 Å². The SMILES string of the molecule is Fc1ccc(CCNCc2ccc(OCc3c(Cl)cccc3Cl)cc2)cc1. The van der Waals surface area contributed by atoms with Crippen molar-refractivity contribution >= 4 is 23.2 Å². The number of halogens is 3. The number of hydrogen-bond acceptors (Lipinski definition) is 2. The highest BCUT2D eigenvalue weighted by Crippen LogP contribution is 2.25. The molecule has 5 heteroatoms. The average Bonchev–Trinajstić information content (AvgIpc) is 2.67. The summed E-state index contributed by atoms with van der Waals surface area (Å²) in [5.74, 6) is 0.562. The van der Waals surface area contributed by atoms with Crippen LogP contribution in [0.15, 0.2) is 66.7 Å². The number of ether oxygens (including phenoxy) is 1. The van der Waals surface area contributed by atoms with Gasteiger partial charge in [-0.25, -0.2) is 4.39 Å². The van der Waals surface area contributed by atoms with Crippen molar-refractivity contribution in [1.82, 2.24) is 5.32 Å². The molecule has 3 aromatic carbocycles. The first-order valence-electron chi connectivity index (χ1n) is 8.71. The third-order valence-corrected chi connectivity index (χ3v) is 4.91. The Morgan fingerprint density at radius 3 is 2.11 bits per heavy atom. The molecule has 0 saturated carbocycles. The lowest BCUT2D eigenvalue weighted by molar-refractivity contribution is 0.306. The van der Waals surface area contributed by atoms with E-state index in [0.29, 0.717) is 16.7 Å². The van der Waals surface area contributed by atoms with Crippen LogP contribution in [0.25, 0.3) is 0 Å². The second-order valence-electron chi connectivity index (χ2n) is 6.19. The van der Waals surface area contributed by atoms with Crippen LogP contribution in [0.1, 0.15) is 16.7 Å². The standard InChI is InChI=1S/C22H20Cl2FNO/c23-21-2-1-3-22(24)20(21)15-27-19-10-6-17(7-11-19)14-26-13-12-16-4-8-18(25)9-5-16/h1-11,26H,12-15H2. The van der Waals surface area contributed by atoms with E-state index in [1.54, 1.807) is 12.1 Å². The quantitative estimate of drug-likeness (QED) is 0.462. The van der Waals surface area contributed by atoms with Gasteiger partial charge in [0.2, 0.25) is 0 Å². The van der Waals surface area contributed by atoms with Gasteiger partial charge in [-0.1, -0.05) is 53.5 Å². The zero-order valence-corrected chi connectivity index (χ0v) is 16.2. The van der Waals surface area contributed by atoms with E-state index in [4.69, 9.17) is 27.9 Å². The Balaban J connectivity index is 1.44. The van der Waals surface area contributed by atoms with Crippen molar-refractivity contribution in [3.63, 3.8) is 0 Å². The van der Waals surface area contributed by atoms with Crippen LogP contribution in [-0.4, -0.2) is 6.54 Å². The first-order valence-corrected chi connectivity index (χ1v) is 9.47. The summed E-state index contributed by atoms with van der Waals surface area (Å²) < 4.78 is 18.7. The molecule has 0 atom stereocenters. The number of nitrogens with one attached hydrogen (secondary N) is 1. The minimum Gasteiger partial charge on any atom is -0.489 e. The predicted octanol–water partition coefficient (Wildman–Crippen LogP) is 6.04. The Morgan fingerprint density at radius 1 is 0.815 bits per heavy atom. The molecule has 0 unspecified atom stereocenters. The fourth-order valence-corrected chi connectivity index (χ4v) is 3.15. The molecule has 0 aliphatic carbocycles. The van der Waals surface area contributed by atoms with Gasteiger partial charge in [-0.05, 0) is 60.5 Å². The van der Waals surface area contributed by atoms with Crippen LogP contribution in [0.2, 0.25) is 10.0 Å². The fraction of sp³-hybridized carbons (Fsp3) is 0.182. The molecular weight excluding hydrogens is 384 g/mol. The van der Waals surface area contributed by atoms with Crippen molar-refractivity contribution in [1.29, 1.82) is 0 Å². The highest BCUT2D eigenvalue weighted by atomic mass is 35.5. The lowest BCUT2D eigenvalue weighted by Crippen LogP contribution is -2.16. The van der Waals surface area contributed by atoms with Gasteiger partial charge >= 0.3 is 0 Å². The minimum atomic E-state index is -0.203. The fourth-order valence-electron chi connectivity index (χ4n) is 2.65. The second-order valence-corrected chi connectivity index (χ2v) is 7.00. The second kappa shape index (κ2) is 9.75. The zero-order chi connectivity index (χ0) is 19.1. The molecule has 1 N–H and O–H groups in total. The molecule has 2 nitrogen and oxygen atoms in total. The summed E-state index contributed by atoms with van der Waals surface area (Å²) in [7, 11) is 0. The van der Waals surface area contributed by atoms with Crippen molar-refractivity contribution in [2.24, 2.45) is 0 Å². The molecule has 0 amide bonds. The van der Waals surface area contributed by atoms with Crippen molar-refractivity contribution in [3.8, 4) is 5.75 Å². The molecule has 0 saturated heterocycles. The van der Waals surface area contributed by atoms with Crippen LogP contribution in [0.5, 0.6) is 5.75 Å². The molecule has 0 radical (unpaired) electrons. The first-order chi connectivity index (χ1) is 13.1. The van der Waals surface area contributed by atoms with Crippen LogP contribution in [-0.2, 0) is 19.6 Å². The average molecular weight is 404 g/mol. The summed E-state index contributed by atoms with van der Waals surface area (Å²) in [5.41, 5.74) is 3.07. The van der Waals surface area contributed by atoms with E-state index >= 15 is 0 Å². The molecule has 3 rings (SSSR count). The normalized spacial score (nSPS) is 10.8. The van der Waals surface area contributed by atoms with E-state index in [1.807, 2.05) is 42.5 Å². The molecule has 0 aliphatic heterocycles. The van der Waals surface area contributed by atoms with Gasteiger partial charge < -0.3 is 10.1 Å². The van der Waals surface area contributed by atoms with Gasteiger partial charge in [0.05, 0.1) is 0 Å². The first kappa shape index (κ1) is 19.7. The molecule has 0 aliphatic rings. The minimum absolute atomic E-state index is 0.203. The summed E-state index contributed by atoms with van der Waals surface area (Å²) in [6, 6.07) is 19.9. The van der Waals surface area contributed by atoms with E-state index in [1.165, 1.54) is 12.1 Å².